The molecule has 17 heavy (non-hydrogen) atoms. The largest absolute Gasteiger partial charge is 0.496 e. The number of halogens is 1. The quantitative estimate of drug-likeness (QED) is 0.930. The maximum absolute atomic E-state index is 6.19. The van der Waals surface area contributed by atoms with E-state index >= 15 is 0 Å². The highest BCUT2D eigenvalue weighted by atomic mass is 35.5. The summed E-state index contributed by atoms with van der Waals surface area (Å²) in [5.74, 6) is 0.692. The van der Waals surface area contributed by atoms with Crippen molar-refractivity contribution in [3.8, 4) is 5.75 Å². The maximum Gasteiger partial charge on any atom is 0.125 e. The molecule has 5 heteroatoms. The van der Waals surface area contributed by atoms with Gasteiger partial charge in [0.1, 0.15) is 10.8 Å². The van der Waals surface area contributed by atoms with Gasteiger partial charge in [0.05, 0.1) is 13.2 Å². The van der Waals surface area contributed by atoms with Crippen LogP contribution in [0.1, 0.15) is 22.3 Å². The van der Waals surface area contributed by atoms with E-state index in [2.05, 4.69) is 4.98 Å². The molecule has 0 saturated heterocycles. The molecule has 0 aliphatic heterocycles. The number of hydrogen-bond donors (Lipinski definition) is 1. The SMILES string of the molecule is COc1cccc(Cl)c1C(N)c1nc(C)cs1. The Morgan fingerprint density at radius 1 is 1.47 bits per heavy atom. The number of methoxy groups -OCH3 is 1. The lowest BCUT2D eigenvalue weighted by molar-refractivity contribution is 0.408. The van der Waals surface area contributed by atoms with E-state index in [1.807, 2.05) is 24.4 Å². The van der Waals surface area contributed by atoms with Gasteiger partial charge < -0.3 is 10.5 Å². The third-order valence-corrected chi connectivity index (χ3v) is 3.82. The van der Waals surface area contributed by atoms with E-state index in [1.165, 1.54) is 11.3 Å². The molecule has 1 unspecified atom stereocenters. The van der Waals surface area contributed by atoms with E-state index in [0.717, 1.165) is 16.3 Å². The van der Waals surface area contributed by atoms with Crippen molar-refractivity contribution in [1.82, 2.24) is 4.98 Å². The van der Waals surface area contributed by atoms with Crippen LogP contribution >= 0.6 is 22.9 Å². The molecule has 0 aliphatic rings. The minimum absolute atomic E-state index is 0.350. The fraction of sp³-hybridized carbons (Fsp3) is 0.250. The van der Waals surface area contributed by atoms with E-state index in [-0.39, 0.29) is 6.04 Å². The van der Waals surface area contributed by atoms with Crippen molar-refractivity contribution >= 4 is 22.9 Å². The van der Waals surface area contributed by atoms with E-state index in [9.17, 15) is 0 Å². The number of nitrogens with zero attached hydrogens (tertiary/aromatic N) is 1. The number of benzene rings is 1. The monoisotopic (exact) mass is 268 g/mol. The topological polar surface area (TPSA) is 48.1 Å². The number of rotatable bonds is 3. The van der Waals surface area contributed by atoms with Gasteiger partial charge in [-0.25, -0.2) is 4.98 Å². The van der Waals surface area contributed by atoms with E-state index in [0.29, 0.717) is 10.8 Å². The van der Waals surface area contributed by atoms with Crippen molar-refractivity contribution < 1.29 is 4.74 Å². The summed E-state index contributed by atoms with van der Waals surface area (Å²) >= 11 is 7.71. The molecule has 3 nitrogen and oxygen atoms in total. The van der Waals surface area contributed by atoms with Gasteiger partial charge in [-0.05, 0) is 19.1 Å². The summed E-state index contributed by atoms with van der Waals surface area (Å²) in [6.45, 7) is 1.94. The molecule has 2 rings (SSSR count). The average molecular weight is 269 g/mol. The molecule has 0 radical (unpaired) electrons. The first-order chi connectivity index (χ1) is 8.13. The highest BCUT2D eigenvalue weighted by molar-refractivity contribution is 7.09. The smallest absolute Gasteiger partial charge is 0.125 e. The third kappa shape index (κ3) is 2.44. The Hall–Kier alpha value is -1.10. The van der Waals surface area contributed by atoms with Crippen molar-refractivity contribution in [2.24, 2.45) is 5.73 Å². The van der Waals surface area contributed by atoms with Gasteiger partial charge in [-0.1, -0.05) is 17.7 Å². The summed E-state index contributed by atoms with van der Waals surface area (Å²) in [5, 5.41) is 3.41. The molecule has 1 aromatic carbocycles. The lowest BCUT2D eigenvalue weighted by Crippen LogP contribution is -2.13. The zero-order valence-electron chi connectivity index (χ0n) is 9.61. The first-order valence-corrected chi connectivity index (χ1v) is 6.39. The summed E-state index contributed by atoms with van der Waals surface area (Å²) < 4.78 is 5.29. The normalized spacial score (nSPS) is 12.5. The molecule has 2 aromatic rings. The Morgan fingerprint density at radius 2 is 2.24 bits per heavy atom. The van der Waals surface area contributed by atoms with Crippen LogP contribution < -0.4 is 10.5 Å². The van der Waals surface area contributed by atoms with Crippen LogP contribution in [0.3, 0.4) is 0 Å². The molecule has 0 bridgehead atoms. The molecule has 0 spiro atoms. The second-order valence-corrected chi connectivity index (χ2v) is 4.96. The molecule has 1 heterocycles. The first-order valence-electron chi connectivity index (χ1n) is 5.13. The van der Waals surface area contributed by atoms with Crippen LogP contribution in [0.2, 0.25) is 5.02 Å². The predicted molar refractivity (Wildman–Crippen MR) is 70.9 cm³/mol. The predicted octanol–water partition coefficient (Wildman–Crippen LogP) is 3.16. The van der Waals surface area contributed by atoms with Gasteiger partial charge in [-0.15, -0.1) is 11.3 Å². The number of aromatic nitrogens is 1. The molecule has 2 N–H and O–H groups in total. The Bertz CT molecular complexity index is 527. The zero-order chi connectivity index (χ0) is 12.4. The van der Waals surface area contributed by atoms with E-state index in [1.54, 1.807) is 13.2 Å². The molecule has 0 saturated carbocycles. The number of aryl methyl sites for hydroxylation is 1. The van der Waals surface area contributed by atoms with Crippen LogP contribution in [-0.2, 0) is 0 Å². The highest BCUT2D eigenvalue weighted by Crippen LogP contribution is 2.35. The van der Waals surface area contributed by atoms with Crippen LogP contribution in [0.4, 0.5) is 0 Å². The van der Waals surface area contributed by atoms with Crippen LogP contribution in [0.15, 0.2) is 23.6 Å². The lowest BCUT2D eigenvalue weighted by atomic mass is 10.1. The van der Waals surface area contributed by atoms with Gasteiger partial charge >= 0.3 is 0 Å². The standard InChI is InChI=1S/C12H13ClN2OS/c1-7-6-17-12(15-7)11(14)10-8(13)4-3-5-9(10)16-2/h3-6,11H,14H2,1-2H3. The van der Waals surface area contributed by atoms with Gasteiger partial charge in [0, 0.05) is 21.7 Å². The minimum Gasteiger partial charge on any atom is -0.496 e. The molecule has 1 atom stereocenters. The molecule has 0 fully saturated rings. The maximum atomic E-state index is 6.19. The Balaban J connectivity index is 2.46. The molecular formula is C12H13ClN2OS. The van der Waals surface area contributed by atoms with Crippen LogP contribution in [-0.4, -0.2) is 12.1 Å². The minimum atomic E-state index is -0.350. The highest BCUT2D eigenvalue weighted by Gasteiger charge is 2.19. The molecular weight excluding hydrogens is 256 g/mol. The third-order valence-electron chi connectivity index (χ3n) is 2.45. The van der Waals surface area contributed by atoms with Crippen LogP contribution in [0.25, 0.3) is 0 Å². The van der Waals surface area contributed by atoms with Gasteiger partial charge in [-0.2, -0.15) is 0 Å². The fourth-order valence-electron chi connectivity index (χ4n) is 1.64. The Morgan fingerprint density at radius 3 is 2.82 bits per heavy atom. The summed E-state index contributed by atoms with van der Waals surface area (Å²) in [6.07, 6.45) is 0. The molecule has 0 amide bonds. The lowest BCUT2D eigenvalue weighted by Gasteiger charge is -2.15. The van der Waals surface area contributed by atoms with Crippen molar-refractivity contribution in [2.75, 3.05) is 7.11 Å². The van der Waals surface area contributed by atoms with Crippen molar-refractivity contribution in [1.29, 1.82) is 0 Å². The average Bonchev–Trinajstić information content (AvgIpc) is 2.74. The summed E-state index contributed by atoms with van der Waals surface area (Å²) in [5.41, 5.74) is 7.94. The molecule has 1 aromatic heterocycles. The van der Waals surface area contributed by atoms with Gasteiger partial charge in [0.15, 0.2) is 0 Å². The molecule has 90 valence electrons. The number of thiazole rings is 1. The summed E-state index contributed by atoms with van der Waals surface area (Å²) in [4.78, 5) is 4.38. The summed E-state index contributed by atoms with van der Waals surface area (Å²) in [7, 11) is 1.61. The van der Waals surface area contributed by atoms with Gasteiger partial charge in [-0.3, -0.25) is 0 Å². The van der Waals surface area contributed by atoms with Crippen LogP contribution in [0.5, 0.6) is 5.75 Å². The van der Waals surface area contributed by atoms with E-state index in [4.69, 9.17) is 22.1 Å². The first kappa shape index (κ1) is 12.4. The van der Waals surface area contributed by atoms with Crippen molar-refractivity contribution in [2.45, 2.75) is 13.0 Å². The van der Waals surface area contributed by atoms with Gasteiger partial charge in [0.2, 0.25) is 0 Å². The Kier molecular flexibility index (Phi) is 3.66. The van der Waals surface area contributed by atoms with Gasteiger partial charge in [0.25, 0.3) is 0 Å². The summed E-state index contributed by atoms with van der Waals surface area (Å²) in [6, 6.07) is 5.14. The second-order valence-electron chi connectivity index (χ2n) is 3.66. The van der Waals surface area contributed by atoms with E-state index < -0.39 is 0 Å². The number of hydrogen-bond acceptors (Lipinski definition) is 4. The molecule has 0 aliphatic carbocycles. The number of nitrogens with two attached hydrogens (primary N) is 1. The zero-order valence-corrected chi connectivity index (χ0v) is 11.2. The fourth-order valence-corrected chi connectivity index (χ4v) is 2.72. The van der Waals surface area contributed by atoms with Crippen molar-refractivity contribution in [3.63, 3.8) is 0 Å². The van der Waals surface area contributed by atoms with Crippen molar-refractivity contribution in [3.05, 3.63) is 44.9 Å². The number of ether oxygens (including phenoxy) is 1. The second kappa shape index (κ2) is 5.04. The van der Waals surface area contributed by atoms with Crippen LogP contribution in [0, 0.1) is 6.92 Å². The Labute approximate surface area is 109 Å².